The van der Waals surface area contributed by atoms with E-state index >= 15 is 0 Å². The minimum atomic E-state index is 0.0697. The number of hydrogen-bond acceptors (Lipinski definition) is 3. The van der Waals surface area contributed by atoms with Crippen molar-refractivity contribution >= 4 is 27.5 Å². The molecule has 19 heavy (non-hydrogen) atoms. The van der Waals surface area contributed by atoms with Gasteiger partial charge in [0.15, 0.2) is 0 Å². The Morgan fingerprint density at radius 1 is 1.32 bits per heavy atom. The number of phenols is 1. The molecule has 0 atom stereocenters. The van der Waals surface area contributed by atoms with Crippen molar-refractivity contribution in [2.75, 3.05) is 7.11 Å². The topological polar surface area (TPSA) is 53.2 Å². The summed E-state index contributed by atoms with van der Waals surface area (Å²) in [5.41, 5.74) is 1.70. The number of nitriles is 1. The van der Waals surface area contributed by atoms with E-state index in [4.69, 9.17) is 21.6 Å². The van der Waals surface area contributed by atoms with Gasteiger partial charge in [0.1, 0.15) is 11.5 Å². The molecule has 0 aliphatic heterocycles. The Morgan fingerprint density at radius 2 is 2.05 bits per heavy atom. The molecule has 96 valence electrons. The third kappa shape index (κ3) is 2.67. The first-order valence-corrected chi connectivity index (χ1v) is 6.50. The van der Waals surface area contributed by atoms with Crippen LogP contribution in [0.2, 0.25) is 5.02 Å². The molecule has 0 unspecified atom stereocenters. The molecule has 0 heterocycles. The van der Waals surface area contributed by atoms with Gasteiger partial charge in [-0.15, -0.1) is 0 Å². The Morgan fingerprint density at radius 3 is 2.63 bits per heavy atom. The highest BCUT2D eigenvalue weighted by Crippen LogP contribution is 2.39. The van der Waals surface area contributed by atoms with Gasteiger partial charge >= 0.3 is 0 Å². The number of rotatable bonds is 2. The van der Waals surface area contributed by atoms with Gasteiger partial charge in [0, 0.05) is 5.56 Å². The Balaban J connectivity index is 2.62. The lowest BCUT2D eigenvalue weighted by Gasteiger charge is -2.09. The van der Waals surface area contributed by atoms with Crippen LogP contribution in [-0.2, 0) is 0 Å². The van der Waals surface area contributed by atoms with Crippen LogP contribution in [-0.4, -0.2) is 12.2 Å². The van der Waals surface area contributed by atoms with E-state index in [1.165, 1.54) is 7.11 Å². The maximum absolute atomic E-state index is 10.1. The number of phenolic OH excluding ortho intramolecular Hbond substituents is 1. The van der Waals surface area contributed by atoms with E-state index in [9.17, 15) is 5.11 Å². The van der Waals surface area contributed by atoms with Crippen molar-refractivity contribution in [2.45, 2.75) is 0 Å². The van der Waals surface area contributed by atoms with Crippen molar-refractivity contribution in [1.29, 1.82) is 5.26 Å². The lowest BCUT2D eigenvalue weighted by Crippen LogP contribution is -1.87. The second-order valence-corrected chi connectivity index (χ2v) is 5.08. The van der Waals surface area contributed by atoms with Gasteiger partial charge < -0.3 is 9.84 Å². The molecule has 2 rings (SSSR count). The van der Waals surface area contributed by atoms with E-state index in [1.807, 2.05) is 6.07 Å². The van der Waals surface area contributed by atoms with Crippen molar-refractivity contribution in [1.82, 2.24) is 0 Å². The molecule has 0 radical (unpaired) electrons. The summed E-state index contributed by atoms with van der Waals surface area (Å²) in [6, 6.07) is 10.4. The molecular formula is C14H9BrClNO2. The molecule has 0 aliphatic carbocycles. The number of nitrogens with zero attached hydrogens (tertiary/aromatic N) is 1. The van der Waals surface area contributed by atoms with Gasteiger partial charge in [-0.1, -0.05) is 17.7 Å². The predicted octanol–water partition coefficient (Wildman–Crippen LogP) is 4.36. The van der Waals surface area contributed by atoms with Crippen LogP contribution < -0.4 is 4.74 Å². The average Bonchev–Trinajstić information content (AvgIpc) is 2.41. The maximum Gasteiger partial charge on any atom is 0.137 e. The minimum absolute atomic E-state index is 0.0697. The Kier molecular flexibility index (Phi) is 3.98. The van der Waals surface area contributed by atoms with Crippen LogP contribution in [0.1, 0.15) is 5.56 Å². The van der Waals surface area contributed by atoms with E-state index in [-0.39, 0.29) is 5.75 Å². The summed E-state index contributed by atoms with van der Waals surface area (Å²) in [6.07, 6.45) is 0. The van der Waals surface area contributed by atoms with E-state index < -0.39 is 0 Å². The number of methoxy groups -OCH3 is 1. The van der Waals surface area contributed by atoms with Gasteiger partial charge in [0.05, 0.1) is 28.2 Å². The fourth-order valence-electron chi connectivity index (χ4n) is 1.72. The zero-order valence-electron chi connectivity index (χ0n) is 9.95. The first-order chi connectivity index (χ1) is 9.06. The number of benzene rings is 2. The maximum atomic E-state index is 10.1. The summed E-state index contributed by atoms with van der Waals surface area (Å²) in [4.78, 5) is 0. The molecular weight excluding hydrogens is 330 g/mol. The van der Waals surface area contributed by atoms with Crippen LogP contribution in [0.15, 0.2) is 34.8 Å². The first kappa shape index (κ1) is 13.7. The molecule has 0 saturated carbocycles. The van der Waals surface area contributed by atoms with Crippen molar-refractivity contribution in [3.8, 4) is 28.7 Å². The second-order valence-electron chi connectivity index (χ2n) is 3.82. The van der Waals surface area contributed by atoms with Gasteiger partial charge in [-0.2, -0.15) is 5.26 Å². The first-order valence-electron chi connectivity index (χ1n) is 5.33. The molecule has 0 saturated heterocycles. The van der Waals surface area contributed by atoms with Gasteiger partial charge in [-0.05, 0) is 45.8 Å². The Bertz CT molecular complexity index is 680. The standard InChI is InChI=1S/C14H9BrClNO2/c1-19-13-3-2-9(6-12(13)16)10-4-8(7-17)5-11(15)14(10)18/h2-6,18H,1H3. The largest absolute Gasteiger partial charge is 0.506 e. The highest BCUT2D eigenvalue weighted by atomic mass is 79.9. The zero-order chi connectivity index (χ0) is 14.0. The predicted molar refractivity (Wildman–Crippen MR) is 77.5 cm³/mol. The molecule has 0 fully saturated rings. The number of ether oxygens (including phenoxy) is 1. The van der Waals surface area contributed by atoms with Crippen LogP contribution in [0.3, 0.4) is 0 Å². The fraction of sp³-hybridized carbons (Fsp3) is 0.0714. The van der Waals surface area contributed by atoms with Crippen molar-refractivity contribution in [2.24, 2.45) is 0 Å². The SMILES string of the molecule is COc1ccc(-c2cc(C#N)cc(Br)c2O)cc1Cl. The van der Waals surface area contributed by atoms with E-state index in [0.29, 0.717) is 31.9 Å². The van der Waals surface area contributed by atoms with E-state index in [1.54, 1.807) is 30.3 Å². The van der Waals surface area contributed by atoms with Crippen LogP contribution >= 0.6 is 27.5 Å². The molecule has 0 aromatic heterocycles. The molecule has 5 heteroatoms. The summed E-state index contributed by atoms with van der Waals surface area (Å²) in [6.45, 7) is 0. The van der Waals surface area contributed by atoms with Gasteiger partial charge in [-0.25, -0.2) is 0 Å². The Labute approximate surface area is 124 Å². The van der Waals surface area contributed by atoms with Crippen LogP contribution in [0.5, 0.6) is 11.5 Å². The molecule has 0 spiro atoms. The molecule has 2 aromatic rings. The highest BCUT2D eigenvalue weighted by molar-refractivity contribution is 9.10. The molecule has 0 aliphatic rings. The summed E-state index contributed by atoms with van der Waals surface area (Å²) in [7, 11) is 1.53. The third-order valence-electron chi connectivity index (χ3n) is 2.66. The molecule has 2 aromatic carbocycles. The van der Waals surface area contributed by atoms with Crippen molar-refractivity contribution in [3.63, 3.8) is 0 Å². The summed E-state index contributed by atoms with van der Waals surface area (Å²) >= 11 is 9.28. The van der Waals surface area contributed by atoms with E-state index in [0.717, 1.165) is 0 Å². The number of aromatic hydroxyl groups is 1. The monoisotopic (exact) mass is 337 g/mol. The second kappa shape index (κ2) is 5.52. The summed E-state index contributed by atoms with van der Waals surface area (Å²) in [5.74, 6) is 0.626. The van der Waals surface area contributed by atoms with Crippen molar-refractivity contribution in [3.05, 3.63) is 45.4 Å². The van der Waals surface area contributed by atoms with Gasteiger partial charge in [0.2, 0.25) is 0 Å². The minimum Gasteiger partial charge on any atom is -0.506 e. The molecule has 1 N–H and O–H groups in total. The third-order valence-corrected chi connectivity index (χ3v) is 3.56. The van der Waals surface area contributed by atoms with Crippen LogP contribution in [0.4, 0.5) is 0 Å². The molecule has 0 bridgehead atoms. The van der Waals surface area contributed by atoms with Crippen LogP contribution in [0.25, 0.3) is 11.1 Å². The Hall–Kier alpha value is -1.70. The zero-order valence-corrected chi connectivity index (χ0v) is 12.3. The number of halogens is 2. The normalized spacial score (nSPS) is 10.0. The lowest BCUT2D eigenvalue weighted by atomic mass is 10.0. The summed E-state index contributed by atoms with van der Waals surface area (Å²) < 4.78 is 5.54. The van der Waals surface area contributed by atoms with Crippen LogP contribution in [0, 0.1) is 11.3 Å². The smallest absolute Gasteiger partial charge is 0.137 e. The average molecular weight is 339 g/mol. The fourth-order valence-corrected chi connectivity index (χ4v) is 2.44. The highest BCUT2D eigenvalue weighted by Gasteiger charge is 2.12. The lowest BCUT2D eigenvalue weighted by molar-refractivity contribution is 0.415. The molecule has 3 nitrogen and oxygen atoms in total. The summed E-state index contributed by atoms with van der Waals surface area (Å²) in [5, 5.41) is 19.5. The van der Waals surface area contributed by atoms with Gasteiger partial charge in [-0.3, -0.25) is 0 Å². The quantitative estimate of drug-likeness (QED) is 0.885. The van der Waals surface area contributed by atoms with Gasteiger partial charge in [0.25, 0.3) is 0 Å². The molecule has 0 amide bonds. The number of hydrogen-bond donors (Lipinski definition) is 1. The van der Waals surface area contributed by atoms with Crippen molar-refractivity contribution < 1.29 is 9.84 Å². The van der Waals surface area contributed by atoms with E-state index in [2.05, 4.69) is 15.9 Å².